The van der Waals surface area contributed by atoms with Gasteiger partial charge in [0.2, 0.25) is 0 Å². The molecule has 0 atom stereocenters. The molecule has 13 heavy (non-hydrogen) atoms. The highest BCUT2D eigenvalue weighted by molar-refractivity contribution is 4.40. The topological polar surface area (TPSA) is 72.9 Å². The monoisotopic (exact) mass is 191 g/mol. The van der Waals surface area contributed by atoms with Crippen molar-refractivity contribution in [3.8, 4) is 0 Å². The first-order valence-electron chi connectivity index (χ1n) is 5.55. The van der Waals surface area contributed by atoms with Crippen LogP contribution in [0.4, 0.5) is 0 Å². The molecule has 0 unspecified atom stereocenters. The van der Waals surface area contributed by atoms with Crippen LogP contribution in [0, 0.1) is 0 Å². The summed E-state index contributed by atoms with van der Waals surface area (Å²) in [5.74, 6) is 0. The normalized spacial score (nSPS) is 10.6. The van der Waals surface area contributed by atoms with Gasteiger partial charge in [0, 0.05) is 6.54 Å². The Labute approximate surface area is 81.6 Å². The average Bonchev–Trinajstić information content (AvgIpc) is 2.16. The van der Waals surface area contributed by atoms with Crippen molar-refractivity contribution in [2.24, 2.45) is 0 Å². The van der Waals surface area contributed by atoms with E-state index in [1.54, 1.807) is 0 Å². The number of hydrogen-bond acceptors (Lipinski definition) is 1. The molecule has 0 saturated carbocycles. The first-order valence-corrected chi connectivity index (χ1v) is 5.55. The zero-order chi connectivity index (χ0) is 9.78. The van der Waals surface area contributed by atoms with E-state index in [1.807, 2.05) is 0 Å². The summed E-state index contributed by atoms with van der Waals surface area (Å²) in [4.78, 5) is 0. The minimum absolute atomic E-state index is 1.04. The van der Waals surface area contributed by atoms with Gasteiger partial charge in [0.25, 0.3) is 0 Å². The lowest BCUT2D eigenvalue weighted by molar-refractivity contribution is -0.728. The lowest BCUT2D eigenvalue weighted by Gasteiger charge is -2.02. The van der Waals surface area contributed by atoms with Gasteiger partial charge in [0.05, 0.1) is 6.54 Å². The Balaban J connectivity index is 2.76. The molecule has 0 radical (unpaired) electrons. The van der Waals surface area contributed by atoms with Crippen LogP contribution in [0.2, 0.25) is 0 Å². The van der Waals surface area contributed by atoms with E-state index in [0.29, 0.717) is 0 Å². The number of rotatable bonds is 10. The van der Waals surface area contributed by atoms with Crippen molar-refractivity contribution < 1.29 is 16.4 Å². The first-order chi connectivity index (χ1) is 6.41. The van der Waals surface area contributed by atoms with Crippen molar-refractivity contribution in [3.63, 3.8) is 0 Å². The molecule has 0 bridgehead atoms. The Bertz CT molecular complexity index is 77.7. The highest BCUT2D eigenvalue weighted by atomic mass is 15.0. The fourth-order valence-corrected chi connectivity index (χ4v) is 1.17. The standard InChI is InChI=1S/C9H24N4/c1-2-4-11-6-8-13-9-7-12-5-3-10/h11-13H,2-10H2,1H3/p+3. The number of nitrogens with two attached hydrogens (primary N) is 2. The van der Waals surface area contributed by atoms with Gasteiger partial charge in [-0.1, -0.05) is 6.92 Å². The van der Waals surface area contributed by atoms with Gasteiger partial charge in [0.15, 0.2) is 0 Å². The van der Waals surface area contributed by atoms with Crippen LogP contribution in [0.5, 0.6) is 0 Å². The Hall–Kier alpha value is -0.160. The highest BCUT2D eigenvalue weighted by Gasteiger charge is 1.92. The molecular weight excluding hydrogens is 164 g/mol. The Morgan fingerprint density at radius 2 is 1.69 bits per heavy atom. The third-order valence-corrected chi connectivity index (χ3v) is 1.94. The molecule has 0 fully saturated rings. The fourth-order valence-electron chi connectivity index (χ4n) is 1.17. The predicted octanol–water partition coefficient (Wildman–Crippen LogP) is -3.65. The van der Waals surface area contributed by atoms with Gasteiger partial charge in [-0.15, -0.1) is 0 Å². The molecule has 0 saturated heterocycles. The lowest BCUT2D eigenvalue weighted by atomic mass is 10.4. The molecule has 0 aliphatic heterocycles. The first kappa shape index (κ1) is 12.8. The van der Waals surface area contributed by atoms with Gasteiger partial charge < -0.3 is 21.7 Å². The third-order valence-electron chi connectivity index (χ3n) is 1.94. The molecule has 0 aromatic carbocycles. The molecule has 80 valence electrons. The summed E-state index contributed by atoms with van der Waals surface area (Å²) in [7, 11) is 0. The molecular formula is C9H27N4+3. The maximum atomic E-state index is 3.80. The van der Waals surface area contributed by atoms with Crippen LogP contribution in [-0.4, -0.2) is 45.8 Å². The van der Waals surface area contributed by atoms with E-state index >= 15 is 0 Å². The molecule has 0 heterocycles. The number of hydrogen-bond donors (Lipinski definition) is 4. The van der Waals surface area contributed by atoms with Crippen molar-refractivity contribution in [1.29, 1.82) is 0 Å². The maximum absolute atomic E-state index is 3.80. The summed E-state index contributed by atoms with van der Waals surface area (Å²) in [6.07, 6.45) is 1.23. The molecule has 4 heteroatoms. The average molecular weight is 191 g/mol. The SMILES string of the molecule is CCCNCC[NH2+]CC[NH2+]CC[NH3+]. The van der Waals surface area contributed by atoms with E-state index in [2.05, 4.69) is 28.6 Å². The van der Waals surface area contributed by atoms with Crippen molar-refractivity contribution >= 4 is 0 Å². The van der Waals surface area contributed by atoms with E-state index in [9.17, 15) is 0 Å². The fraction of sp³-hybridized carbons (Fsp3) is 1.00. The van der Waals surface area contributed by atoms with Crippen molar-refractivity contribution in [2.75, 3.05) is 45.8 Å². The van der Waals surface area contributed by atoms with Crippen LogP contribution in [0.25, 0.3) is 0 Å². The summed E-state index contributed by atoms with van der Waals surface area (Å²) in [6, 6.07) is 0. The largest absolute Gasteiger partial charge is 0.353 e. The second-order valence-electron chi connectivity index (χ2n) is 3.34. The molecule has 8 N–H and O–H groups in total. The van der Waals surface area contributed by atoms with E-state index in [4.69, 9.17) is 0 Å². The second kappa shape index (κ2) is 11.8. The van der Waals surface area contributed by atoms with Gasteiger partial charge in [-0.3, -0.25) is 0 Å². The molecule has 0 aromatic rings. The predicted molar refractivity (Wildman–Crippen MR) is 54.2 cm³/mol. The summed E-state index contributed by atoms with van der Waals surface area (Å²) in [6.45, 7) is 10.4. The second-order valence-corrected chi connectivity index (χ2v) is 3.34. The van der Waals surface area contributed by atoms with Crippen molar-refractivity contribution in [3.05, 3.63) is 0 Å². The molecule has 0 amide bonds. The Kier molecular flexibility index (Phi) is 11.7. The van der Waals surface area contributed by atoms with Crippen LogP contribution in [0.15, 0.2) is 0 Å². The summed E-state index contributed by atoms with van der Waals surface area (Å²) < 4.78 is 0. The minimum Gasteiger partial charge on any atom is -0.353 e. The van der Waals surface area contributed by atoms with E-state index in [-0.39, 0.29) is 0 Å². The quantitative estimate of drug-likeness (QED) is 0.264. The summed E-state index contributed by atoms with van der Waals surface area (Å²) >= 11 is 0. The Morgan fingerprint density at radius 1 is 1.00 bits per heavy atom. The van der Waals surface area contributed by atoms with E-state index in [0.717, 1.165) is 19.6 Å². The van der Waals surface area contributed by atoms with Gasteiger partial charge in [0.1, 0.15) is 26.2 Å². The van der Waals surface area contributed by atoms with Crippen LogP contribution >= 0.6 is 0 Å². The lowest BCUT2D eigenvalue weighted by Crippen LogP contribution is -2.96. The van der Waals surface area contributed by atoms with Crippen LogP contribution in [0.3, 0.4) is 0 Å². The zero-order valence-electron chi connectivity index (χ0n) is 9.02. The third kappa shape index (κ3) is 11.8. The number of quaternary nitrogens is 3. The van der Waals surface area contributed by atoms with E-state index < -0.39 is 0 Å². The molecule has 0 aliphatic rings. The van der Waals surface area contributed by atoms with Crippen LogP contribution in [-0.2, 0) is 0 Å². The zero-order valence-corrected chi connectivity index (χ0v) is 9.02. The molecule has 4 nitrogen and oxygen atoms in total. The minimum atomic E-state index is 1.04. The molecule has 0 aromatic heterocycles. The van der Waals surface area contributed by atoms with E-state index in [1.165, 1.54) is 32.6 Å². The van der Waals surface area contributed by atoms with Crippen molar-refractivity contribution in [2.45, 2.75) is 13.3 Å². The summed E-state index contributed by atoms with van der Waals surface area (Å²) in [5.41, 5.74) is 3.80. The van der Waals surface area contributed by atoms with Gasteiger partial charge in [-0.2, -0.15) is 0 Å². The maximum Gasteiger partial charge on any atom is 0.125 e. The van der Waals surface area contributed by atoms with Gasteiger partial charge in [-0.05, 0) is 13.0 Å². The molecule has 0 spiro atoms. The van der Waals surface area contributed by atoms with Crippen LogP contribution < -0.4 is 21.7 Å². The number of nitrogens with one attached hydrogen (secondary N) is 1. The summed E-state index contributed by atoms with van der Waals surface area (Å²) in [5, 5.41) is 8.10. The molecule has 0 rings (SSSR count). The van der Waals surface area contributed by atoms with Gasteiger partial charge >= 0.3 is 0 Å². The molecule has 0 aliphatic carbocycles. The smallest absolute Gasteiger partial charge is 0.125 e. The van der Waals surface area contributed by atoms with Crippen LogP contribution in [0.1, 0.15) is 13.3 Å². The van der Waals surface area contributed by atoms with Crippen molar-refractivity contribution in [1.82, 2.24) is 5.32 Å². The highest BCUT2D eigenvalue weighted by Crippen LogP contribution is 1.65. The van der Waals surface area contributed by atoms with Gasteiger partial charge in [-0.25, -0.2) is 0 Å². The Morgan fingerprint density at radius 3 is 2.31 bits per heavy atom.